The van der Waals surface area contributed by atoms with Crippen LogP contribution in [0.15, 0.2) is 12.7 Å². The van der Waals surface area contributed by atoms with E-state index in [1.807, 2.05) is 0 Å². The van der Waals surface area contributed by atoms with E-state index in [0.717, 1.165) is 6.08 Å². The molecule has 0 fully saturated rings. The van der Waals surface area contributed by atoms with Crippen LogP contribution in [0.3, 0.4) is 0 Å². The molecule has 18 heteroatoms. The summed E-state index contributed by atoms with van der Waals surface area (Å²) in [6.07, 6.45) is -22.3. The summed E-state index contributed by atoms with van der Waals surface area (Å²) in [6.45, 7) is 3.23. The molecular weight excluding hydrogens is 534 g/mol. The fourth-order valence-corrected chi connectivity index (χ4v) is 2.02. The summed E-state index contributed by atoms with van der Waals surface area (Å²) in [5, 5.41) is -11.6. The molecular formula is C14H13Cl2F13O3. The zero-order valence-electron chi connectivity index (χ0n) is 15.6. The van der Waals surface area contributed by atoms with Gasteiger partial charge in [0.2, 0.25) is 0 Å². The third kappa shape index (κ3) is 5.67. The van der Waals surface area contributed by atoms with E-state index in [0.29, 0.717) is 7.11 Å². The molecule has 0 aliphatic rings. The Kier molecular flexibility index (Phi) is 8.95. The smallest absolute Gasteiger partial charge is 0.372 e. The van der Waals surface area contributed by atoms with Crippen molar-refractivity contribution in [3.05, 3.63) is 12.7 Å². The molecule has 3 unspecified atom stereocenters. The van der Waals surface area contributed by atoms with Crippen molar-refractivity contribution in [3.8, 4) is 0 Å². The third-order valence-corrected chi connectivity index (χ3v) is 4.55. The largest absolute Gasteiger partial charge is 0.458 e. The van der Waals surface area contributed by atoms with Gasteiger partial charge in [0.25, 0.3) is 0 Å². The Bertz CT molecular complexity index is 665. The average molecular weight is 547 g/mol. The first-order valence-electron chi connectivity index (χ1n) is 7.68. The zero-order valence-corrected chi connectivity index (χ0v) is 17.1. The van der Waals surface area contributed by atoms with Gasteiger partial charge in [0, 0.05) is 7.11 Å². The number of alkyl halides is 15. The van der Waals surface area contributed by atoms with Crippen LogP contribution in [0.4, 0.5) is 57.1 Å². The molecule has 0 aromatic heterocycles. The standard InChI is InChI=1S/C14H13Cl2F13O3/c1-4-5-6-7(2,30-3)8(17,18)13(26,27)31-9(19,12(23,24)25)14(28,29)32-11(16,22)10(15,20)21/h4H,1,5-6H2,2-3H3. The van der Waals surface area contributed by atoms with Crippen LogP contribution < -0.4 is 0 Å². The maximum atomic E-state index is 14.3. The quantitative estimate of drug-likeness (QED) is 0.148. The molecule has 0 saturated carbocycles. The zero-order chi connectivity index (χ0) is 26.2. The molecule has 0 N–H and O–H groups in total. The summed E-state index contributed by atoms with van der Waals surface area (Å²) >= 11 is 7.95. The van der Waals surface area contributed by atoms with Crippen molar-refractivity contribution in [1.82, 2.24) is 0 Å². The minimum absolute atomic E-state index is 0.176. The van der Waals surface area contributed by atoms with Crippen molar-refractivity contribution in [2.75, 3.05) is 7.11 Å². The van der Waals surface area contributed by atoms with Crippen molar-refractivity contribution in [1.29, 1.82) is 0 Å². The first kappa shape index (κ1) is 31.3. The Morgan fingerprint density at radius 3 is 1.53 bits per heavy atom. The van der Waals surface area contributed by atoms with Gasteiger partial charge in [-0.15, -0.1) is 6.58 Å². The summed E-state index contributed by atoms with van der Waals surface area (Å²) in [5.74, 6) is -13.4. The van der Waals surface area contributed by atoms with E-state index in [1.165, 1.54) is 0 Å². The van der Waals surface area contributed by atoms with Gasteiger partial charge in [-0.05, 0) is 43.0 Å². The van der Waals surface area contributed by atoms with Gasteiger partial charge in [-0.1, -0.05) is 6.08 Å². The van der Waals surface area contributed by atoms with Crippen molar-refractivity contribution >= 4 is 23.2 Å². The highest BCUT2D eigenvalue weighted by molar-refractivity contribution is 6.31. The molecule has 0 radical (unpaired) electrons. The molecule has 3 nitrogen and oxygen atoms in total. The number of methoxy groups -OCH3 is 1. The van der Waals surface area contributed by atoms with Crippen LogP contribution in [-0.2, 0) is 14.2 Å². The second-order valence-corrected chi connectivity index (χ2v) is 7.14. The van der Waals surface area contributed by atoms with E-state index in [2.05, 4.69) is 44.0 Å². The number of hydrogen-bond donors (Lipinski definition) is 0. The van der Waals surface area contributed by atoms with E-state index < -0.39 is 59.3 Å². The first-order valence-corrected chi connectivity index (χ1v) is 8.44. The number of hydrogen-bond acceptors (Lipinski definition) is 3. The predicted octanol–water partition coefficient (Wildman–Crippen LogP) is 7.13. The van der Waals surface area contributed by atoms with Gasteiger partial charge >= 0.3 is 40.9 Å². The Hall–Kier alpha value is -0.710. The Morgan fingerprint density at radius 1 is 0.781 bits per heavy atom. The lowest BCUT2D eigenvalue weighted by atomic mass is 9.91. The lowest BCUT2D eigenvalue weighted by molar-refractivity contribution is -0.537. The maximum absolute atomic E-state index is 14.3. The minimum atomic E-state index is -7.42. The van der Waals surface area contributed by atoms with Crippen LogP contribution in [-0.4, -0.2) is 53.6 Å². The van der Waals surface area contributed by atoms with Gasteiger partial charge in [0.05, 0.1) is 0 Å². The van der Waals surface area contributed by atoms with Crippen molar-refractivity contribution < 1.29 is 71.3 Å². The van der Waals surface area contributed by atoms with Gasteiger partial charge < -0.3 is 4.74 Å². The molecule has 0 aliphatic carbocycles. The van der Waals surface area contributed by atoms with E-state index in [1.54, 1.807) is 0 Å². The average Bonchev–Trinajstić information content (AvgIpc) is 2.55. The van der Waals surface area contributed by atoms with Gasteiger partial charge in [-0.2, -0.15) is 57.1 Å². The fourth-order valence-electron chi connectivity index (χ4n) is 1.88. The molecule has 0 bridgehead atoms. The molecule has 192 valence electrons. The van der Waals surface area contributed by atoms with Crippen LogP contribution in [0.2, 0.25) is 0 Å². The highest BCUT2D eigenvalue weighted by Crippen LogP contribution is 2.57. The Balaban J connectivity index is 6.52. The highest BCUT2D eigenvalue weighted by atomic mass is 35.5. The summed E-state index contributed by atoms with van der Waals surface area (Å²) in [7, 11) is 0.366. The molecule has 0 rings (SSSR count). The van der Waals surface area contributed by atoms with Crippen LogP contribution >= 0.6 is 23.2 Å². The van der Waals surface area contributed by atoms with Crippen LogP contribution in [0.5, 0.6) is 0 Å². The number of halogens is 15. The number of allylic oxidation sites excluding steroid dienone is 1. The first-order chi connectivity index (χ1) is 13.8. The molecule has 0 heterocycles. The molecule has 0 amide bonds. The van der Waals surface area contributed by atoms with Crippen molar-refractivity contribution in [2.45, 2.75) is 66.2 Å². The van der Waals surface area contributed by atoms with Crippen LogP contribution in [0.1, 0.15) is 19.8 Å². The normalized spacial score (nSPS) is 20.3. The van der Waals surface area contributed by atoms with Crippen LogP contribution in [0, 0.1) is 0 Å². The second kappa shape index (κ2) is 9.15. The molecule has 0 saturated heterocycles. The predicted molar refractivity (Wildman–Crippen MR) is 82.2 cm³/mol. The molecule has 0 aromatic rings. The monoisotopic (exact) mass is 546 g/mol. The van der Waals surface area contributed by atoms with Gasteiger partial charge in [-0.25, -0.2) is 0 Å². The van der Waals surface area contributed by atoms with Gasteiger partial charge in [0.1, 0.15) is 5.60 Å². The lowest BCUT2D eigenvalue weighted by Crippen LogP contribution is -2.68. The fraction of sp³-hybridized carbons (Fsp3) is 0.857. The van der Waals surface area contributed by atoms with E-state index in [9.17, 15) is 57.1 Å². The summed E-state index contributed by atoms with van der Waals surface area (Å²) in [4.78, 5) is 0. The molecule has 0 aliphatic heterocycles. The van der Waals surface area contributed by atoms with E-state index in [4.69, 9.17) is 0 Å². The van der Waals surface area contributed by atoms with E-state index >= 15 is 0 Å². The minimum Gasteiger partial charge on any atom is -0.372 e. The summed E-state index contributed by atoms with van der Waals surface area (Å²) in [5.41, 5.74) is -3.48. The maximum Gasteiger partial charge on any atom is 0.458 e. The molecule has 3 atom stereocenters. The summed E-state index contributed by atoms with van der Waals surface area (Å²) < 4.78 is 184. The third-order valence-electron chi connectivity index (χ3n) is 3.90. The Morgan fingerprint density at radius 2 is 1.22 bits per heavy atom. The highest BCUT2D eigenvalue weighted by Gasteiger charge is 2.83. The number of rotatable bonds is 12. The Labute approximate surface area is 181 Å². The number of ether oxygens (including phenoxy) is 3. The second-order valence-electron chi connectivity index (χ2n) is 6.18. The molecule has 0 aromatic carbocycles. The SMILES string of the molecule is C=CCCC(C)(OC)C(F)(F)C(F)(F)OC(F)(C(F)(F)F)C(F)(F)OC(F)(Cl)C(F)(F)Cl. The lowest BCUT2D eigenvalue weighted by Gasteiger charge is -2.43. The van der Waals surface area contributed by atoms with Gasteiger partial charge in [0.15, 0.2) is 0 Å². The summed E-state index contributed by atoms with van der Waals surface area (Å²) in [6, 6.07) is 0. The van der Waals surface area contributed by atoms with Crippen molar-refractivity contribution in [3.63, 3.8) is 0 Å². The van der Waals surface area contributed by atoms with Crippen LogP contribution in [0.25, 0.3) is 0 Å². The molecule has 0 spiro atoms. The molecule has 32 heavy (non-hydrogen) atoms. The van der Waals surface area contributed by atoms with Gasteiger partial charge in [-0.3, -0.25) is 9.47 Å². The topological polar surface area (TPSA) is 27.7 Å². The van der Waals surface area contributed by atoms with E-state index in [-0.39, 0.29) is 6.92 Å². The van der Waals surface area contributed by atoms with Crippen molar-refractivity contribution in [2.24, 2.45) is 0 Å².